The number of methoxy groups -OCH3 is 1. The van der Waals surface area contributed by atoms with E-state index < -0.39 is 6.10 Å². The van der Waals surface area contributed by atoms with Gasteiger partial charge in [0.05, 0.1) is 13.2 Å². The largest absolute Gasteiger partial charge is 0.497 e. The molecule has 0 saturated heterocycles. The number of ether oxygens (including phenoxy) is 1. The first-order valence-electron chi connectivity index (χ1n) is 7.03. The Morgan fingerprint density at radius 2 is 1.95 bits per heavy atom. The van der Waals surface area contributed by atoms with Crippen LogP contribution < -0.4 is 4.74 Å². The normalized spacial score (nSPS) is 12.1. The van der Waals surface area contributed by atoms with Gasteiger partial charge in [0.15, 0.2) is 11.6 Å². The molecule has 0 fully saturated rings. The van der Waals surface area contributed by atoms with E-state index in [0.29, 0.717) is 11.6 Å². The highest BCUT2D eigenvalue weighted by atomic mass is 16.5. The van der Waals surface area contributed by atoms with Gasteiger partial charge in [0.2, 0.25) is 0 Å². The van der Waals surface area contributed by atoms with E-state index >= 15 is 0 Å². The van der Waals surface area contributed by atoms with E-state index in [4.69, 9.17) is 4.74 Å². The maximum absolute atomic E-state index is 9.88. The van der Waals surface area contributed by atoms with E-state index in [2.05, 4.69) is 15.2 Å². The molecular formula is C17H17N3O2. The van der Waals surface area contributed by atoms with E-state index in [1.807, 2.05) is 48.5 Å². The number of H-pyrrole nitrogens is 1. The molecule has 22 heavy (non-hydrogen) atoms. The number of hydrogen-bond donors (Lipinski definition) is 2. The smallest absolute Gasteiger partial charge is 0.181 e. The molecule has 3 aromatic rings. The Kier molecular flexibility index (Phi) is 3.89. The summed E-state index contributed by atoms with van der Waals surface area (Å²) in [5.41, 5.74) is 2.53. The number of aromatic amines is 1. The summed E-state index contributed by atoms with van der Waals surface area (Å²) in [6.45, 7) is 1.73. The first-order valence-corrected chi connectivity index (χ1v) is 7.03. The third kappa shape index (κ3) is 2.71. The van der Waals surface area contributed by atoms with Gasteiger partial charge in [-0.1, -0.05) is 36.4 Å². The second-order valence-corrected chi connectivity index (χ2v) is 5.00. The first kappa shape index (κ1) is 14.3. The lowest BCUT2D eigenvalue weighted by Gasteiger charge is -2.08. The van der Waals surface area contributed by atoms with Crippen LogP contribution >= 0.6 is 0 Å². The highest BCUT2D eigenvalue weighted by molar-refractivity contribution is 5.65. The maximum Gasteiger partial charge on any atom is 0.181 e. The monoisotopic (exact) mass is 295 g/mol. The number of nitrogens with one attached hydrogen (secondary N) is 1. The Morgan fingerprint density at radius 3 is 2.73 bits per heavy atom. The zero-order chi connectivity index (χ0) is 15.5. The number of aromatic nitrogens is 3. The number of aliphatic hydroxyl groups excluding tert-OH is 1. The van der Waals surface area contributed by atoms with Gasteiger partial charge in [-0.25, -0.2) is 4.98 Å². The second-order valence-electron chi connectivity index (χ2n) is 5.00. The quantitative estimate of drug-likeness (QED) is 0.775. The molecule has 0 amide bonds. The Morgan fingerprint density at radius 1 is 1.14 bits per heavy atom. The Bertz CT molecular complexity index is 781. The molecule has 0 aliphatic carbocycles. The minimum Gasteiger partial charge on any atom is -0.497 e. The van der Waals surface area contributed by atoms with Crippen molar-refractivity contribution in [3.8, 4) is 28.5 Å². The van der Waals surface area contributed by atoms with E-state index in [1.54, 1.807) is 14.0 Å². The van der Waals surface area contributed by atoms with Crippen molar-refractivity contribution in [1.82, 2.24) is 15.2 Å². The number of benzene rings is 2. The zero-order valence-corrected chi connectivity index (χ0v) is 12.4. The highest BCUT2D eigenvalue weighted by Crippen LogP contribution is 2.27. The lowest BCUT2D eigenvalue weighted by Crippen LogP contribution is -1.95. The third-order valence-corrected chi connectivity index (χ3v) is 3.48. The summed E-state index contributed by atoms with van der Waals surface area (Å²) < 4.78 is 5.22. The summed E-state index contributed by atoms with van der Waals surface area (Å²) >= 11 is 0. The molecule has 0 aliphatic rings. The summed E-state index contributed by atoms with van der Waals surface area (Å²) in [5.74, 6) is 1.98. The van der Waals surface area contributed by atoms with Crippen LogP contribution in [0, 0.1) is 0 Å². The van der Waals surface area contributed by atoms with E-state index in [0.717, 1.165) is 22.4 Å². The molecule has 2 N–H and O–H groups in total. The molecule has 0 radical (unpaired) electrons. The predicted octanol–water partition coefficient (Wildman–Crippen LogP) is 3.20. The van der Waals surface area contributed by atoms with E-state index in [9.17, 15) is 5.11 Å². The Hall–Kier alpha value is -2.66. The molecule has 5 heteroatoms. The second kappa shape index (κ2) is 5.99. The maximum atomic E-state index is 9.88. The van der Waals surface area contributed by atoms with Crippen LogP contribution in [0.15, 0.2) is 48.5 Å². The standard InChI is InChI=1S/C17H17N3O2/c1-11(21)14-8-3-4-9-15(14)17-18-16(19-20-17)12-6-5-7-13(10-12)22-2/h3-11,21H,1-2H3,(H,18,19,20). The fraction of sp³-hybridized carbons (Fsp3) is 0.176. The molecular weight excluding hydrogens is 278 g/mol. The molecule has 0 bridgehead atoms. The average Bonchev–Trinajstić information content (AvgIpc) is 3.05. The lowest BCUT2D eigenvalue weighted by atomic mass is 10.0. The summed E-state index contributed by atoms with van der Waals surface area (Å²) in [6, 6.07) is 15.2. The van der Waals surface area contributed by atoms with Crippen LogP contribution in [-0.4, -0.2) is 27.4 Å². The van der Waals surface area contributed by atoms with Gasteiger partial charge in [-0.15, -0.1) is 0 Å². The molecule has 1 atom stereocenters. The number of hydrogen-bond acceptors (Lipinski definition) is 4. The van der Waals surface area contributed by atoms with Crippen molar-refractivity contribution in [3.05, 3.63) is 54.1 Å². The molecule has 0 saturated carbocycles. The summed E-state index contributed by atoms with van der Waals surface area (Å²) in [7, 11) is 1.63. The summed E-state index contributed by atoms with van der Waals surface area (Å²) in [6.07, 6.45) is -0.568. The van der Waals surface area contributed by atoms with Crippen LogP contribution in [0.25, 0.3) is 22.8 Å². The SMILES string of the molecule is COc1cccc(-c2n[nH]c(-c3ccccc3C(C)O)n2)c1. The molecule has 112 valence electrons. The van der Waals surface area contributed by atoms with Crippen LogP contribution in [0.4, 0.5) is 0 Å². The van der Waals surface area contributed by atoms with Gasteiger partial charge in [-0.3, -0.25) is 5.10 Å². The van der Waals surface area contributed by atoms with Crippen molar-refractivity contribution in [2.75, 3.05) is 7.11 Å². The minimum atomic E-state index is -0.568. The van der Waals surface area contributed by atoms with Crippen LogP contribution in [0.2, 0.25) is 0 Å². The minimum absolute atomic E-state index is 0.568. The first-order chi connectivity index (χ1) is 10.7. The van der Waals surface area contributed by atoms with Crippen molar-refractivity contribution in [3.63, 3.8) is 0 Å². The van der Waals surface area contributed by atoms with Gasteiger partial charge in [-0.2, -0.15) is 5.10 Å². The average molecular weight is 295 g/mol. The molecule has 0 aliphatic heterocycles. The van der Waals surface area contributed by atoms with Crippen LogP contribution in [-0.2, 0) is 0 Å². The molecule has 0 spiro atoms. The predicted molar refractivity (Wildman–Crippen MR) is 84.4 cm³/mol. The van der Waals surface area contributed by atoms with Gasteiger partial charge in [0.25, 0.3) is 0 Å². The number of nitrogens with zero attached hydrogens (tertiary/aromatic N) is 2. The fourth-order valence-corrected chi connectivity index (χ4v) is 2.35. The lowest BCUT2D eigenvalue weighted by molar-refractivity contribution is 0.200. The van der Waals surface area contributed by atoms with Crippen molar-refractivity contribution < 1.29 is 9.84 Å². The van der Waals surface area contributed by atoms with Gasteiger partial charge in [0.1, 0.15) is 5.75 Å². The van der Waals surface area contributed by atoms with Crippen molar-refractivity contribution >= 4 is 0 Å². The molecule has 3 rings (SSSR count). The zero-order valence-electron chi connectivity index (χ0n) is 12.4. The van der Waals surface area contributed by atoms with Gasteiger partial charge in [0, 0.05) is 11.1 Å². The topological polar surface area (TPSA) is 71.0 Å². The molecule has 1 aromatic heterocycles. The van der Waals surface area contributed by atoms with Gasteiger partial charge in [-0.05, 0) is 24.6 Å². The van der Waals surface area contributed by atoms with Crippen LogP contribution in [0.1, 0.15) is 18.6 Å². The molecule has 1 heterocycles. The van der Waals surface area contributed by atoms with Crippen LogP contribution in [0.3, 0.4) is 0 Å². The number of rotatable bonds is 4. The summed E-state index contributed by atoms with van der Waals surface area (Å²) in [5, 5.41) is 17.1. The van der Waals surface area contributed by atoms with E-state index in [1.165, 1.54) is 0 Å². The van der Waals surface area contributed by atoms with Gasteiger partial charge < -0.3 is 9.84 Å². The van der Waals surface area contributed by atoms with E-state index in [-0.39, 0.29) is 0 Å². The Balaban J connectivity index is 2.01. The fourth-order valence-electron chi connectivity index (χ4n) is 2.35. The van der Waals surface area contributed by atoms with Crippen LogP contribution in [0.5, 0.6) is 5.75 Å². The van der Waals surface area contributed by atoms with Gasteiger partial charge >= 0.3 is 0 Å². The number of aliphatic hydroxyl groups is 1. The van der Waals surface area contributed by atoms with Crippen molar-refractivity contribution in [2.24, 2.45) is 0 Å². The van der Waals surface area contributed by atoms with Crippen molar-refractivity contribution in [2.45, 2.75) is 13.0 Å². The molecule has 2 aromatic carbocycles. The van der Waals surface area contributed by atoms with Crippen molar-refractivity contribution in [1.29, 1.82) is 0 Å². The molecule has 5 nitrogen and oxygen atoms in total. The summed E-state index contributed by atoms with van der Waals surface area (Å²) in [4.78, 5) is 4.54. The molecule has 1 unspecified atom stereocenters. The Labute approximate surface area is 128 Å². The third-order valence-electron chi connectivity index (χ3n) is 3.48. The highest BCUT2D eigenvalue weighted by Gasteiger charge is 2.13.